The van der Waals surface area contributed by atoms with Gasteiger partial charge in [0.05, 0.1) is 6.10 Å². The monoisotopic (exact) mass is 412 g/mol. The predicted molar refractivity (Wildman–Crippen MR) is 105 cm³/mol. The number of aliphatic hydroxyl groups is 1. The molecule has 0 heterocycles. The van der Waals surface area contributed by atoms with E-state index in [1.54, 1.807) is 0 Å². The Labute approximate surface area is 197 Å². The van der Waals surface area contributed by atoms with Crippen LogP contribution in [0, 0.1) is 46.3 Å². The van der Waals surface area contributed by atoms with Gasteiger partial charge in [0.2, 0.25) is 0 Å². The third-order valence-corrected chi connectivity index (χ3v) is 10.0. The Morgan fingerprint density at radius 1 is 1.14 bits per heavy atom. The minimum absolute atomic E-state index is 0. The van der Waals surface area contributed by atoms with Crippen molar-refractivity contribution in [3.63, 3.8) is 0 Å². The van der Waals surface area contributed by atoms with Crippen molar-refractivity contribution < 1.29 is 49.4 Å². The number of carboxylic acids is 1. The standard InChI is InChI=1S/C24H38O4.Na/c1-14(4-7-21(27)28)17-5-6-18-22-19(9-11-24(17,18)3)23(2)10-8-16(25)12-15(23)13-20(22)26;/h14-19,22,25H,4-13H2,1-3H3,(H,27,28);/q;+1/p-1/t14-,15?,16-,17-,18?,19?,22?,23+,24-;/m1./s1. The fourth-order valence-corrected chi connectivity index (χ4v) is 8.43. The Kier molecular flexibility index (Phi) is 7.01. The molecule has 0 saturated heterocycles. The van der Waals surface area contributed by atoms with Gasteiger partial charge in [-0.15, -0.1) is 0 Å². The van der Waals surface area contributed by atoms with Crippen molar-refractivity contribution in [1.29, 1.82) is 0 Å². The molecule has 0 bridgehead atoms. The molecule has 9 atom stereocenters. The first-order chi connectivity index (χ1) is 13.2. The smallest absolute Gasteiger partial charge is 0.550 e. The molecule has 4 aliphatic carbocycles. The average Bonchev–Trinajstić information content (AvgIpc) is 2.98. The van der Waals surface area contributed by atoms with E-state index < -0.39 is 5.97 Å². The average molecular weight is 413 g/mol. The summed E-state index contributed by atoms with van der Waals surface area (Å²) in [5.74, 6) is 1.87. The number of carbonyl (C=O) groups excluding carboxylic acids is 2. The fraction of sp³-hybridized carbons (Fsp3) is 0.917. The van der Waals surface area contributed by atoms with Crippen LogP contribution in [0.4, 0.5) is 0 Å². The van der Waals surface area contributed by atoms with Crippen LogP contribution >= 0.6 is 0 Å². The zero-order chi connectivity index (χ0) is 20.3. The van der Waals surface area contributed by atoms with E-state index >= 15 is 0 Å². The molecule has 4 unspecified atom stereocenters. The molecule has 4 aliphatic rings. The van der Waals surface area contributed by atoms with Gasteiger partial charge in [0.1, 0.15) is 5.78 Å². The molecule has 5 heteroatoms. The summed E-state index contributed by atoms with van der Waals surface area (Å²) in [5, 5.41) is 21.1. The molecule has 0 aromatic rings. The van der Waals surface area contributed by atoms with Crippen LogP contribution in [-0.4, -0.2) is 23.0 Å². The maximum atomic E-state index is 13.3. The van der Waals surface area contributed by atoms with E-state index in [0.29, 0.717) is 48.2 Å². The Morgan fingerprint density at radius 2 is 1.79 bits per heavy atom. The molecular weight excluding hydrogens is 375 g/mol. The summed E-state index contributed by atoms with van der Waals surface area (Å²) >= 11 is 0. The summed E-state index contributed by atoms with van der Waals surface area (Å²) in [7, 11) is 0. The number of fused-ring (bicyclic) bond motifs is 5. The molecule has 0 radical (unpaired) electrons. The summed E-state index contributed by atoms with van der Waals surface area (Å²) in [5.41, 5.74) is 0.372. The third-order valence-electron chi connectivity index (χ3n) is 10.0. The molecule has 0 aromatic carbocycles. The van der Waals surface area contributed by atoms with Crippen molar-refractivity contribution in [1.82, 2.24) is 0 Å². The number of aliphatic carboxylic acids is 1. The van der Waals surface area contributed by atoms with E-state index in [-0.39, 0.29) is 58.8 Å². The quantitative estimate of drug-likeness (QED) is 0.677. The van der Waals surface area contributed by atoms with Crippen LogP contribution in [0.25, 0.3) is 0 Å². The molecule has 0 aliphatic heterocycles. The molecule has 1 N–H and O–H groups in total. The van der Waals surface area contributed by atoms with Gasteiger partial charge in [-0.25, -0.2) is 0 Å². The van der Waals surface area contributed by atoms with E-state index in [1.807, 2.05) is 0 Å². The second-order valence-electron chi connectivity index (χ2n) is 11.2. The third kappa shape index (κ3) is 3.90. The van der Waals surface area contributed by atoms with Crippen molar-refractivity contribution in [3.8, 4) is 0 Å². The molecule has 0 amide bonds. The Hall–Kier alpha value is 0.1000. The van der Waals surface area contributed by atoms with Crippen molar-refractivity contribution in [2.45, 2.75) is 91.1 Å². The van der Waals surface area contributed by atoms with Crippen molar-refractivity contribution >= 4 is 11.8 Å². The molecule has 0 aromatic heterocycles. The van der Waals surface area contributed by atoms with E-state index in [2.05, 4.69) is 20.8 Å². The first-order valence-electron chi connectivity index (χ1n) is 11.6. The van der Waals surface area contributed by atoms with Gasteiger partial charge in [0.25, 0.3) is 0 Å². The maximum absolute atomic E-state index is 13.3. The van der Waals surface area contributed by atoms with Crippen LogP contribution < -0.4 is 34.7 Å². The number of Topliss-reactive ketones (excluding diaryl/α,β-unsaturated/α-hetero) is 1. The number of aliphatic hydroxyl groups excluding tert-OH is 1. The van der Waals surface area contributed by atoms with Gasteiger partial charge in [0.15, 0.2) is 0 Å². The number of carbonyl (C=O) groups is 2. The summed E-state index contributed by atoms with van der Waals surface area (Å²) in [6.07, 6.45) is 8.54. The Bertz CT molecular complexity index is 651. The van der Waals surface area contributed by atoms with Gasteiger partial charge in [-0.1, -0.05) is 20.8 Å². The normalized spacial score (nSPS) is 47.4. The molecule has 4 saturated carbocycles. The molecule has 158 valence electrons. The molecule has 0 spiro atoms. The van der Waals surface area contributed by atoms with E-state index in [1.165, 1.54) is 0 Å². The second kappa shape index (κ2) is 8.56. The largest absolute Gasteiger partial charge is 1.00 e. The zero-order valence-corrected chi connectivity index (χ0v) is 20.8. The fourth-order valence-electron chi connectivity index (χ4n) is 8.43. The first kappa shape index (κ1) is 23.8. The van der Waals surface area contributed by atoms with Gasteiger partial charge in [-0.3, -0.25) is 4.79 Å². The predicted octanol–water partition coefficient (Wildman–Crippen LogP) is 0.355. The summed E-state index contributed by atoms with van der Waals surface area (Å²) < 4.78 is 0. The molecule has 4 rings (SSSR count). The zero-order valence-electron chi connectivity index (χ0n) is 18.8. The summed E-state index contributed by atoms with van der Waals surface area (Å²) in [6.45, 7) is 7.01. The van der Waals surface area contributed by atoms with Crippen LogP contribution in [0.2, 0.25) is 0 Å². The second-order valence-corrected chi connectivity index (χ2v) is 11.2. The number of hydrogen-bond acceptors (Lipinski definition) is 4. The van der Waals surface area contributed by atoms with Crippen molar-refractivity contribution in [2.75, 3.05) is 0 Å². The first-order valence-corrected chi connectivity index (χ1v) is 11.6. The van der Waals surface area contributed by atoms with Crippen molar-refractivity contribution in [2.24, 2.45) is 46.3 Å². The van der Waals surface area contributed by atoms with Crippen LogP contribution in [0.15, 0.2) is 0 Å². The van der Waals surface area contributed by atoms with E-state index in [9.17, 15) is 19.8 Å². The van der Waals surface area contributed by atoms with E-state index in [0.717, 1.165) is 44.9 Å². The minimum Gasteiger partial charge on any atom is -0.550 e. The molecule has 4 nitrogen and oxygen atoms in total. The van der Waals surface area contributed by atoms with Gasteiger partial charge in [0, 0.05) is 18.3 Å². The number of rotatable bonds is 4. The van der Waals surface area contributed by atoms with Crippen LogP contribution in [0.1, 0.15) is 85.0 Å². The Balaban J connectivity index is 0.00000240. The van der Waals surface area contributed by atoms with Gasteiger partial charge >= 0.3 is 29.6 Å². The van der Waals surface area contributed by atoms with Crippen molar-refractivity contribution in [3.05, 3.63) is 0 Å². The molecule has 29 heavy (non-hydrogen) atoms. The summed E-state index contributed by atoms with van der Waals surface area (Å²) in [6, 6.07) is 0. The number of carboxylic acid groups (broad SMARTS) is 1. The van der Waals surface area contributed by atoms with Crippen LogP contribution in [0.3, 0.4) is 0 Å². The SMILES string of the molecule is C[C@H](CCC(=O)[O-])[C@H]1CCC2C3C(=O)CC4C[C@H](O)CC[C@]4(C)C3CC[C@@]21C.[Na+]. The maximum Gasteiger partial charge on any atom is 1.00 e. The van der Waals surface area contributed by atoms with Gasteiger partial charge in [-0.05, 0) is 98.2 Å². The number of hydrogen-bond donors (Lipinski definition) is 1. The molecule has 4 fully saturated rings. The number of ketones is 1. The summed E-state index contributed by atoms with van der Waals surface area (Å²) in [4.78, 5) is 24.3. The Morgan fingerprint density at radius 3 is 2.48 bits per heavy atom. The van der Waals surface area contributed by atoms with E-state index in [4.69, 9.17) is 0 Å². The van der Waals surface area contributed by atoms with Gasteiger partial charge < -0.3 is 15.0 Å². The van der Waals surface area contributed by atoms with Crippen LogP contribution in [-0.2, 0) is 9.59 Å². The molecular formula is C24H37NaO4. The topological polar surface area (TPSA) is 77.4 Å². The minimum atomic E-state index is -0.948. The van der Waals surface area contributed by atoms with Crippen LogP contribution in [0.5, 0.6) is 0 Å². The van der Waals surface area contributed by atoms with Gasteiger partial charge in [-0.2, -0.15) is 0 Å².